The van der Waals surface area contributed by atoms with Crippen LogP contribution in [-0.4, -0.2) is 66.9 Å². The lowest BCUT2D eigenvalue weighted by Crippen LogP contribution is -2.35. The van der Waals surface area contributed by atoms with Gasteiger partial charge in [-0.2, -0.15) is 0 Å². The van der Waals surface area contributed by atoms with E-state index in [0.29, 0.717) is 18.7 Å². The average Bonchev–Trinajstić information content (AvgIpc) is 3.03. The van der Waals surface area contributed by atoms with E-state index >= 15 is 0 Å². The Morgan fingerprint density at radius 2 is 1.59 bits per heavy atom. The molecule has 2 aromatic carbocycles. The fraction of sp³-hybridized carbons (Fsp3) is 0.360. The molecule has 0 aromatic heterocycles. The molecular weight excluding hydrogens is 409 g/mol. The van der Waals surface area contributed by atoms with Crippen LogP contribution in [0.5, 0.6) is 0 Å². The number of benzene rings is 2. The highest BCUT2D eigenvalue weighted by Crippen LogP contribution is 2.39. The van der Waals surface area contributed by atoms with Gasteiger partial charge in [0.2, 0.25) is 0 Å². The molecule has 0 spiro atoms. The third-order valence-electron chi connectivity index (χ3n) is 5.78. The fourth-order valence-electron chi connectivity index (χ4n) is 3.98. The van der Waals surface area contributed by atoms with Crippen molar-refractivity contribution in [2.75, 3.05) is 45.2 Å². The van der Waals surface area contributed by atoms with E-state index in [0.717, 1.165) is 24.3 Å². The number of amides is 1. The molecule has 0 saturated carbocycles. The Kier molecular flexibility index (Phi) is 7.30. The van der Waals surface area contributed by atoms with Gasteiger partial charge in [-0.15, -0.1) is 0 Å². The van der Waals surface area contributed by atoms with Gasteiger partial charge in [0, 0.05) is 37.4 Å². The minimum atomic E-state index is -0.733. The fourth-order valence-corrected chi connectivity index (χ4v) is 3.98. The van der Waals surface area contributed by atoms with Crippen LogP contribution in [0.15, 0.2) is 54.1 Å². The van der Waals surface area contributed by atoms with Crippen LogP contribution >= 0.6 is 0 Å². The molecule has 1 aliphatic heterocycles. The third kappa shape index (κ3) is 4.67. The molecule has 1 heterocycles. The molecule has 1 atom stereocenters. The van der Waals surface area contributed by atoms with Crippen LogP contribution in [0.4, 0.5) is 10.1 Å². The van der Waals surface area contributed by atoms with E-state index in [2.05, 4.69) is 18.7 Å². The number of carbonyl (C=O) groups is 2. The zero-order valence-corrected chi connectivity index (χ0v) is 19.0. The molecular formula is C25H30FN3O3. The molecule has 0 aliphatic carbocycles. The number of anilines is 1. The van der Waals surface area contributed by atoms with Crippen LogP contribution in [0.25, 0.3) is 5.76 Å². The molecule has 6 nitrogen and oxygen atoms in total. The van der Waals surface area contributed by atoms with Gasteiger partial charge >= 0.3 is 0 Å². The molecule has 1 aliphatic rings. The Morgan fingerprint density at radius 3 is 2.12 bits per heavy atom. The minimum Gasteiger partial charge on any atom is -0.507 e. The second-order valence-electron chi connectivity index (χ2n) is 8.07. The van der Waals surface area contributed by atoms with Crippen LogP contribution in [0.1, 0.15) is 31.0 Å². The Labute approximate surface area is 188 Å². The van der Waals surface area contributed by atoms with Gasteiger partial charge in [-0.3, -0.25) is 9.59 Å². The third-order valence-corrected chi connectivity index (χ3v) is 5.78. The van der Waals surface area contributed by atoms with Gasteiger partial charge < -0.3 is 19.8 Å². The summed E-state index contributed by atoms with van der Waals surface area (Å²) in [4.78, 5) is 31.5. The average molecular weight is 440 g/mol. The van der Waals surface area contributed by atoms with E-state index in [-0.39, 0.29) is 11.3 Å². The van der Waals surface area contributed by atoms with Gasteiger partial charge in [-0.25, -0.2) is 4.39 Å². The monoisotopic (exact) mass is 439 g/mol. The summed E-state index contributed by atoms with van der Waals surface area (Å²) in [6, 6.07) is 12.2. The van der Waals surface area contributed by atoms with Crippen molar-refractivity contribution in [3.8, 4) is 0 Å². The number of hydrogen-bond donors (Lipinski definition) is 1. The second kappa shape index (κ2) is 9.96. The summed E-state index contributed by atoms with van der Waals surface area (Å²) in [6.45, 7) is 6.79. The number of rotatable bonds is 8. The van der Waals surface area contributed by atoms with Crippen LogP contribution in [0.2, 0.25) is 0 Å². The number of hydrogen-bond acceptors (Lipinski definition) is 5. The SMILES string of the molecule is CCN(CC)c1ccc([C@@H]2/C(=C(\O)c3ccc(F)cc3)C(=O)C(=O)N2CCN(C)C)cc1. The maximum Gasteiger partial charge on any atom is 0.295 e. The Morgan fingerprint density at radius 1 is 1.00 bits per heavy atom. The highest BCUT2D eigenvalue weighted by molar-refractivity contribution is 6.46. The first-order valence-corrected chi connectivity index (χ1v) is 10.8. The second-order valence-corrected chi connectivity index (χ2v) is 8.07. The van der Waals surface area contributed by atoms with Gasteiger partial charge in [0.25, 0.3) is 11.7 Å². The number of likely N-dealkylation sites (tertiary alicyclic amines) is 1. The predicted octanol–water partition coefficient (Wildman–Crippen LogP) is 3.66. The van der Waals surface area contributed by atoms with Crippen LogP contribution in [0, 0.1) is 5.82 Å². The van der Waals surface area contributed by atoms with E-state index in [1.54, 1.807) is 0 Å². The summed E-state index contributed by atoms with van der Waals surface area (Å²) in [7, 11) is 3.78. The topological polar surface area (TPSA) is 64.1 Å². The van der Waals surface area contributed by atoms with Gasteiger partial charge in [-0.1, -0.05) is 12.1 Å². The lowest BCUT2D eigenvalue weighted by Gasteiger charge is -2.27. The van der Waals surface area contributed by atoms with E-state index in [4.69, 9.17) is 0 Å². The van der Waals surface area contributed by atoms with Crippen molar-refractivity contribution < 1.29 is 19.1 Å². The van der Waals surface area contributed by atoms with E-state index in [1.165, 1.54) is 29.2 Å². The van der Waals surface area contributed by atoms with Crippen molar-refractivity contribution >= 4 is 23.1 Å². The summed E-state index contributed by atoms with van der Waals surface area (Å²) in [5.41, 5.74) is 2.10. The highest BCUT2D eigenvalue weighted by atomic mass is 19.1. The molecule has 1 N–H and O–H groups in total. The lowest BCUT2D eigenvalue weighted by atomic mass is 9.95. The molecule has 1 amide bonds. The van der Waals surface area contributed by atoms with Crippen LogP contribution < -0.4 is 4.90 Å². The zero-order valence-electron chi connectivity index (χ0n) is 19.0. The summed E-state index contributed by atoms with van der Waals surface area (Å²) < 4.78 is 13.4. The van der Waals surface area contributed by atoms with Gasteiger partial charge in [0.1, 0.15) is 11.6 Å². The lowest BCUT2D eigenvalue weighted by molar-refractivity contribution is -0.140. The quantitative estimate of drug-likeness (QED) is 0.386. The Hall–Kier alpha value is -3.19. The van der Waals surface area contributed by atoms with Crippen molar-refractivity contribution in [1.82, 2.24) is 9.80 Å². The summed E-state index contributed by atoms with van der Waals surface area (Å²) >= 11 is 0. The summed E-state index contributed by atoms with van der Waals surface area (Å²) in [6.07, 6.45) is 0. The molecule has 3 rings (SSSR count). The Balaban J connectivity index is 2.10. The first-order valence-electron chi connectivity index (χ1n) is 10.8. The normalized spacial score (nSPS) is 17.9. The zero-order chi connectivity index (χ0) is 23.4. The predicted molar refractivity (Wildman–Crippen MR) is 124 cm³/mol. The molecule has 170 valence electrons. The molecule has 0 bridgehead atoms. The molecule has 1 saturated heterocycles. The summed E-state index contributed by atoms with van der Waals surface area (Å²) in [5.74, 6) is -2.12. The number of carbonyl (C=O) groups excluding carboxylic acids is 2. The maximum absolute atomic E-state index is 13.4. The number of aliphatic hydroxyl groups excluding tert-OH is 1. The summed E-state index contributed by atoms with van der Waals surface area (Å²) in [5, 5.41) is 11.0. The first-order chi connectivity index (χ1) is 15.3. The molecule has 2 aromatic rings. The number of aliphatic hydroxyl groups is 1. The standard InChI is InChI=1S/C25H30FN3O3/c1-5-28(6-2)20-13-9-17(10-14-20)22-21(23(30)18-7-11-19(26)12-8-18)24(31)25(32)29(22)16-15-27(3)4/h7-14,22,30H,5-6,15-16H2,1-4H3/b23-21+/t22-/m1/s1. The smallest absolute Gasteiger partial charge is 0.295 e. The number of likely N-dealkylation sites (N-methyl/N-ethyl adjacent to an activating group) is 1. The largest absolute Gasteiger partial charge is 0.507 e. The molecule has 0 radical (unpaired) electrons. The van der Waals surface area contributed by atoms with Crippen molar-refractivity contribution in [3.05, 3.63) is 71.0 Å². The highest BCUT2D eigenvalue weighted by Gasteiger charge is 2.45. The molecule has 7 heteroatoms. The van der Waals surface area contributed by atoms with E-state index in [1.807, 2.05) is 43.3 Å². The van der Waals surface area contributed by atoms with Crippen LogP contribution in [0.3, 0.4) is 0 Å². The van der Waals surface area contributed by atoms with Crippen LogP contribution in [-0.2, 0) is 9.59 Å². The Bertz CT molecular complexity index is 996. The van der Waals surface area contributed by atoms with E-state index < -0.39 is 23.5 Å². The number of Topliss-reactive ketones (excluding diaryl/α,β-unsaturated/α-hetero) is 1. The van der Waals surface area contributed by atoms with Crippen molar-refractivity contribution in [2.24, 2.45) is 0 Å². The van der Waals surface area contributed by atoms with Gasteiger partial charge in [0.15, 0.2) is 0 Å². The molecule has 1 fully saturated rings. The maximum atomic E-state index is 13.4. The molecule has 0 unspecified atom stereocenters. The van der Waals surface area contributed by atoms with Gasteiger partial charge in [0.05, 0.1) is 11.6 Å². The van der Waals surface area contributed by atoms with Gasteiger partial charge in [-0.05, 0) is 69.9 Å². The minimum absolute atomic E-state index is 0.0240. The van der Waals surface area contributed by atoms with Crippen molar-refractivity contribution in [3.63, 3.8) is 0 Å². The van der Waals surface area contributed by atoms with Crippen molar-refractivity contribution in [2.45, 2.75) is 19.9 Å². The number of nitrogens with zero attached hydrogens (tertiary/aromatic N) is 3. The number of ketones is 1. The van der Waals surface area contributed by atoms with Crippen molar-refractivity contribution in [1.29, 1.82) is 0 Å². The van der Waals surface area contributed by atoms with E-state index in [9.17, 15) is 19.1 Å². The first kappa shape index (κ1) is 23.5. The molecule has 32 heavy (non-hydrogen) atoms. The number of halogens is 1.